The Kier molecular flexibility index (Phi) is 5.73. The average molecular weight is 575 g/mol. The van der Waals surface area contributed by atoms with Crippen LogP contribution in [0.2, 0.25) is 0 Å². The number of rotatable bonds is 3. The molecule has 2 unspecified atom stereocenters. The summed E-state index contributed by atoms with van der Waals surface area (Å²) in [5, 5.41) is 7.36. The van der Waals surface area contributed by atoms with Gasteiger partial charge < -0.3 is 0 Å². The lowest BCUT2D eigenvalue weighted by Crippen LogP contribution is -2.45. The minimum absolute atomic E-state index is 0.205. The van der Waals surface area contributed by atoms with Crippen molar-refractivity contribution in [1.82, 2.24) is 9.97 Å². The van der Waals surface area contributed by atoms with Crippen molar-refractivity contribution in [2.75, 3.05) is 0 Å². The van der Waals surface area contributed by atoms with Crippen molar-refractivity contribution in [3.8, 4) is 11.3 Å². The Labute approximate surface area is 262 Å². The molecule has 0 N–H and O–H groups in total. The molecule has 212 valence electrons. The van der Waals surface area contributed by atoms with E-state index < -0.39 is 0 Å². The molecule has 2 atom stereocenters. The first-order chi connectivity index (χ1) is 22.2. The number of benzene rings is 5. The zero-order chi connectivity index (χ0) is 30.0. The molecule has 0 fully saturated rings. The standard InChI is InChI=1S/C43H30N2/c1-43-25-7-6-14-37(43)39(34-22-15-28-9-2-3-10-33(28)27-34)35-12-4-5-13-36(35)40(43)30-18-16-29(17-19-30)38-24-23-32-21-20-31-11-8-26-44-41(31)42(32)45-38/h2-27,37H,1H3. The third-order valence-corrected chi connectivity index (χ3v) is 9.80. The predicted octanol–water partition coefficient (Wildman–Crippen LogP) is 8.76. The third-order valence-electron chi connectivity index (χ3n) is 9.80. The second kappa shape index (κ2) is 9.97. The van der Waals surface area contributed by atoms with Crippen molar-refractivity contribution in [1.29, 1.82) is 0 Å². The molecule has 0 saturated carbocycles. The van der Waals surface area contributed by atoms with Crippen molar-refractivity contribution in [3.05, 3.63) is 179 Å². The highest BCUT2D eigenvalue weighted by atomic mass is 14.7. The lowest BCUT2D eigenvalue weighted by atomic mass is 9.60. The van der Waals surface area contributed by atoms with E-state index in [4.69, 9.17) is 4.98 Å². The van der Waals surface area contributed by atoms with Crippen molar-refractivity contribution in [2.45, 2.75) is 6.92 Å². The molecule has 2 aliphatic carbocycles. The number of hydrogen-bond acceptors (Lipinski definition) is 2. The van der Waals surface area contributed by atoms with Gasteiger partial charge in [0, 0.05) is 33.9 Å². The summed E-state index contributed by atoms with van der Waals surface area (Å²) in [6, 6.07) is 46.1. The molecule has 45 heavy (non-hydrogen) atoms. The van der Waals surface area contributed by atoms with Gasteiger partial charge in [-0.1, -0.05) is 140 Å². The Hall–Kier alpha value is -5.60. The number of fused-ring (bicyclic) bond motifs is 6. The second-order valence-corrected chi connectivity index (χ2v) is 12.4. The summed E-state index contributed by atoms with van der Waals surface area (Å²) < 4.78 is 0. The van der Waals surface area contributed by atoms with Crippen LogP contribution < -0.4 is 10.4 Å². The Morgan fingerprint density at radius 2 is 1.22 bits per heavy atom. The number of allylic oxidation sites excluding steroid dienone is 4. The SMILES string of the molecule is CC12C=CC=CC1C(c1ccc3ccccc3c1)=c1ccccc1=C2c1ccc(-c2ccc3ccc4cccnc4c3n2)cc1. The van der Waals surface area contributed by atoms with Gasteiger partial charge in [0.15, 0.2) is 0 Å². The van der Waals surface area contributed by atoms with Gasteiger partial charge in [-0.3, -0.25) is 4.98 Å². The maximum absolute atomic E-state index is 5.10. The molecule has 0 saturated heterocycles. The van der Waals surface area contributed by atoms with E-state index in [-0.39, 0.29) is 11.3 Å². The average Bonchev–Trinajstić information content (AvgIpc) is 3.10. The van der Waals surface area contributed by atoms with Crippen LogP contribution in [0.1, 0.15) is 18.1 Å². The number of aromatic nitrogens is 2. The fourth-order valence-electron chi connectivity index (χ4n) is 7.61. The van der Waals surface area contributed by atoms with Gasteiger partial charge in [-0.2, -0.15) is 0 Å². The molecule has 2 heterocycles. The van der Waals surface area contributed by atoms with Gasteiger partial charge in [-0.05, 0) is 61.7 Å². The van der Waals surface area contributed by atoms with E-state index >= 15 is 0 Å². The quantitative estimate of drug-likeness (QED) is 0.197. The maximum Gasteiger partial charge on any atom is 0.0972 e. The van der Waals surface area contributed by atoms with E-state index in [0.717, 1.165) is 33.1 Å². The van der Waals surface area contributed by atoms with Crippen LogP contribution in [0.4, 0.5) is 0 Å². The third kappa shape index (κ3) is 4.03. The van der Waals surface area contributed by atoms with Gasteiger partial charge >= 0.3 is 0 Å². The fraction of sp³-hybridized carbons (Fsp3) is 0.0698. The van der Waals surface area contributed by atoms with Crippen molar-refractivity contribution >= 4 is 43.7 Å². The topological polar surface area (TPSA) is 25.8 Å². The fourth-order valence-corrected chi connectivity index (χ4v) is 7.61. The van der Waals surface area contributed by atoms with Crippen LogP contribution in [0.25, 0.3) is 55.0 Å². The van der Waals surface area contributed by atoms with Crippen LogP contribution in [0.15, 0.2) is 158 Å². The smallest absolute Gasteiger partial charge is 0.0972 e. The van der Waals surface area contributed by atoms with E-state index in [2.05, 4.69) is 158 Å². The van der Waals surface area contributed by atoms with Gasteiger partial charge in [0.05, 0.1) is 16.7 Å². The zero-order valence-electron chi connectivity index (χ0n) is 25.0. The molecule has 2 aromatic heterocycles. The van der Waals surface area contributed by atoms with Crippen molar-refractivity contribution in [3.63, 3.8) is 0 Å². The van der Waals surface area contributed by atoms with E-state index in [1.807, 2.05) is 12.3 Å². The highest BCUT2D eigenvalue weighted by Crippen LogP contribution is 2.50. The largest absolute Gasteiger partial charge is 0.254 e. The van der Waals surface area contributed by atoms with Gasteiger partial charge in [0.2, 0.25) is 0 Å². The summed E-state index contributed by atoms with van der Waals surface area (Å²) in [4.78, 5) is 9.75. The molecule has 0 bridgehead atoms. The first-order valence-electron chi connectivity index (χ1n) is 15.6. The maximum atomic E-state index is 5.10. The molecule has 2 aliphatic rings. The molecule has 5 aromatic carbocycles. The molecule has 0 radical (unpaired) electrons. The summed E-state index contributed by atoms with van der Waals surface area (Å²) in [7, 11) is 0. The molecular formula is C43H30N2. The molecular weight excluding hydrogens is 544 g/mol. The zero-order valence-corrected chi connectivity index (χ0v) is 25.0. The van der Waals surface area contributed by atoms with Crippen LogP contribution in [0.3, 0.4) is 0 Å². The predicted molar refractivity (Wildman–Crippen MR) is 187 cm³/mol. The highest BCUT2D eigenvalue weighted by molar-refractivity contribution is 6.03. The summed E-state index contributed by atoms with van der Waals surface area (Å²) >= 11 is 0. The van der Waals surface area contributed by atoms with Crippen molar-refractivity contribution in [2.24, 2.45) is 11.3 Å². The second-order valence-electron chi connectivity index (χ2n) is 12.4. The number of nitrogens with zero attached hydrogens (tertiary/aromatic N) is 2. The van der Waals surface area contributed by atoms with E-state index in [9.17, 15) is 0 Å². The molecule has 2 heteroatoms. The minimum atomic E-state index is -0.211. The lowest BCUT2D eigenvalue weighted by Gasteiger charge is -2.42. The van der Waals surface area contributed by atoms with Gasteiger partial charge in [0.25, 0.3) is 0 Å². The normalized spacial score (nSPS) is 18.8. The Balaban J connectivity index is 1.24. The molecule has 0 amide bonds. The highest BCUT2D eigenvalue weighted by Gasteiger charge is 2.41. The first kappa shape index (κ1) is 25.9. The molecule has 2 nitrogen and oxygen atoms in total. The van der Waals surface area contributed by atoms with Gasteiger partial charge in [0.1, 0.15) is 0 Å². The van der Waals surface area contributed by atoms with Crippen molar-refractivity contribution < 1.29 is 0 Å². The minimum Gasteiger partial charge on any atom is -0.254 e. The van der Waals surface area contributed by atoms with E-state index in [1.165, 1.54) is 43.5 Å². The first-order valence-corrected chi connectivity index (χ1v) is 15.6. The van der Waals surface area contributed by atoms with Gasteiger partial charge in [-0.25, -0.2) is 4.98 Å². The van der Waals surface area contributed by atoms with Crippen LogP contribution in [0, 0.1) is 11.3 Å². The molecule has 7 aromatic rings. The van der Waals surface area contributed by atoms with Crippen LogP contribution in [-0.4, -0.2) is 9.97 Å². The van der Waals surface area contributed by atoms with Gasteiger partial charge in [-0.15, -0.1) is 0 Å². The summed E-state index contributed by atoms with van der Waals surface area (Å²) in [6.45, 7) is 2.40. The lowest BCUT2D eigenvalue weighted by molar-refractivity contribution is 0.479. The molecule has 0 spiro atoms. The molecule has 0 aliphatic heterocycles. The Bertz CT molecular complexity index is 2500. The Morgan fingerprint density at radius 1 is 0.556 bits per heavy atom. The summed E-state index contributed by atoms with van der Waals surface area (Å²) in [5.41, 5.74) is 9.01. The number of pyridine rings is 2. The van der Waals surface area contributed by atoms with Crippen LogP contribution in [-0.2, 0) is 0 Å². The monoisotopic (exact) mass is 574 g/mol. The molecule has 9 rings (SSSR count). The van der Waals surface area contributed by atoms with E-state index in [1.54, 1.807) is 0 Å². The van der Waals surface area contributed by atoms with E-state index in [0.29, 0.717) is 0 Å². The summed E-state index contributed by atoms with van der Waals surface area (Å²) in [6.07, 6.45) is 11.1. The number of hydrogen-bond donors (Lipinski definition) is 0. The summed E-state index contributed by atoms with van der Waals surface area (Å²) in [5.74, 6) is 0.205. The van der Waals surface area contributed by atoms with Crippen LogP contribution in [0.5, 0.6) is 0 Å². The van der Waals surface area contributed by atoms with Crippen LogP contribution >= 0.6 is 0 Å². The Morgan fingerprint density at radius 3 is 2.09 bits per heavy atom.